The fraction of sp³-hybridized carbons (Fsp3) is 0.0952. The SMILES string of the molecule is COc1ccc(-n2cc(CNc3cc(-c4ccco4)ccc3F)cn2)cc1. The third-order valence-electron chi connectivity index (χ3n) is 4.23. The molecule has 2 aromatic heterocycles. The van der Waals surface area contributed by atoms with Gasteiger partial charge in [-0.25, -0.2) is 9.07 Å². The van der Waals surface area contributed by atoms with E-state index in [1.54, 1.807) is 42.5 Å². The van der Waals surface area contributed by atoms with Crippen LogP contribution in [-0.4, -0.2) is 16.9 Å². The summed E-state index contributed by atoms with van der Waals surface area (Å²) in [5.41, 5.74) is 3.10. The summed E-state index contributed by atoms with van der Waals surface area (Å²) in [5.74, 6) is 1.18. The molecule has 1 N–H and O–H groups in total. The topological polar surface area (TPSA) is 52.2 Å². The first-order valence-corrected chi connectivity index (χ1v) is 8.48. The number of rotatable bonds is 6. The Morgan fingerprint density at radius 2 is 2.00 bits per heavy atom. The van der Waals surface area contributed by atoms with Crippen molar-refractivity contribution in [2.75, 3.05) is 12.4 Å². The summed E-state index contributed by atoms with van der Waals surface area (Å²) in [7, 11) is 1.63. The van der Waals surface area contributed by atoms with Gasteiger partial charge in [0.25, 0.3) is 0 Å². The maximum Gasteiger partial charge on any atom is 0.146 e. The van der Waals surface area contributed by atoms with Gasteiger partial charge in [-0.3, -0.25) is 0 Å². The number of aromatic nitrogens is 2. The molecule has 0 bridgehead atoms. The molecule has 0 radical (unpaired) electrons. The van der Waals surface area contributed by atoms with Gasteiger partial charge in [0, 0.05) is 23.9 Å². The molecule has 5 nitrogen and oxygen atoms in total. The summed E-state index contributed by atoms with van der Waals surface area (Å²) in [6.45, 7) is 0.453. The van der Waals surface area contributed by atoms with E-state index in [1.165, 1.54) is 6.07 Å². The maximum atomic E-state index is 14.1. The molecule has 4 aromatic rings. The van der Waals surface area contributed by atoms with E-state index in [0.717, 1.165) is 22.6 Å². The second-order valence-corrected chi connectivity index (χ2v) is 6.02. The minimum absolute atomic E-state index is 0.312. The van der Waals surface area contributed by atoms with E-state index in [4.69, 9.17) is 9.15 Å². The van der Waals surface area contributed by atoms with Crippen molar-refractivity contribution < 1.29 is 13.5 Å². The van der Waals surface area contributed by atoms with Crippen LogP contribution in [0.3, 0.4) is 0 Å². The van der Waals surface area contributed by atoms with Crippen LogP contribution in [0.2, 0.25) is 0 Å². The zero-order valence-electron chi connectivity index (χ0n) is 14.7. The second-order valence-electron chi connectivity index (χ2n) is 6.02. The largest absolute Gasteiger partial charge is 0.497 e. The fourth-order valence-electron chi connectivity index (χ4n) is 2.78. The molecule has 4 rings (SSSR count). The van der Waals surface area contributed by atoms with Crippen molar-refractivity contribution in [3.8, 4) is 22.8 Å². The Kier molecular flexibility index (Phi) is 4.61. The van der Waals surface area contributed by atoms with Crippen LogP contribution in [0.1, 0.15) is 5.56 Å². The summed E-state index contributed by atoms with van der Waals surface area (Å²) < 4.78 is 26.4. The number of hydrogen-bond acceptors (Lipinski definition) is 4. The molecule has 0 unspecified atom stereocenters. The molecule has 0 atom stereocenters. The number of ether oxygens (including phenoxy) is 1. The molecule has 2 heterocycles. The van der Waals surface area contributed by atoms with Crippen molar-refractivity contribution in [2.24, 2.45) is 0 Å². The lowest BCUT2D eigenvalue weighted by molar-refractivity contribution is 0.414. The zero-order valence-corrected chi connectivity index (χ0v) is 14.7. The summed E-state index contributed by atoms with van der Waals surface area (Å²) in [6, 6.07) is 16.1. The Labute approximate surface area is 156 Å². The summed E-state index contributed by atoms with van der Waals surface area (Å²) in [4.78, 5) is 0. The molecule has 0 aliphatic heterocycles. The van der Waals surface area contributed by atoms with E-state index in [9.17, 15) is 4.39 Å². The van der Waals surface area contributed by atoms with E-state index in [-0.39, 0.29) is 5.82 Å². The molecular weight excluding hydrogens is 345 g/mol. The lowest BCUT2D eigenvalue weighted by Gasteiger charge is -2.08. The first-order chi connectivity index (χ1) is 13.2. The Balaban J connectivity index is 1.48. The predicted molar refractivity (Wildman–Crippen MR) is 102 cm³/mol. The number of halogens is 1. The molecule has 0 aliphatic rings. The molecule has 6 heteroatoms. The lowest BCUT2D eigenvalue weighted by atomic mass is 10.1. The summed E-state index contributed by atoms with van der Waals surface area (Å²) in [5, 5.41) is 7.49. The van der Waals surface area contributed by atoms with Gasteiger partial charge in [-0.05, 0) is 54.6 Å². The molecule has 0 fully saturated rings. The van der Waals surface area contributed by atoms with Gasteiger partial charge in [0.1, 0.15) is 17.3 Å². The molecule has 0 amide bonds. The van der Waals surface area contributed by atoms with Crippen LogP contribution in [0.4, 0.5) is 10.1 Å². The van der Waals surface area contributed by atoms with E-state index >= 15 is 0 Å². The van der Waals surface area contributed by atoms with Crippen LogP contribution in [0, 0.1) is 5.82 Å². The zero-order chi connectivity index (χ0) is 18.6. The second kappa shape index (κ2) is 7.37. The molecule has 0 saturated heterocycles. The van der Waals surface area contributed by atoms with Crippen molar-refractivity contribution in [3.63, 3.8) is 0 Å². The summed E-state index contributed by atoms with van der Waals surface area (Å²) in [6.07, 6.45) is 5.26. The first kappa shape index (κ1) is 16.9. The van der Waals surface area contributed by atoms with E-state index in [2.05, 4.69) is 10.4 Å². The molecule has 0 spiro atoms. The molecular formula is C21H18FN3O2. The monoisotopic (exact) mass is 363 g/mol. The van der Waals surface area contributed by atoms with Gasteiger partial charge in [0.05, 0.1) is 30.9 Å². The fourth-order valence-corrected chi connectivity index (χ4v) is 2.78. The number of anilines is 1. The maximum absolute atomic E-state index is 14.1. The molecule has 2 aromatic carbocycles. The number of nitrogens with one attached hydrogen (secondary N) is 1. The van der Waals surface area contributed by atoms with Crippen molar-refractivity contribution in [3.05, 3.63) is 84.6 Å². The van der Waals surface area contributed by atoms with Gasteiger partial charge in [0.2, 0.25) is 0 Å². The van der Waals surface area contributed by atoms with Crippen LogP contribution in [0.5, 0.6) is 5.75 Å². The number of benzene rings is 2. The van der Waals surface area contributed by atoms with Crippen LogP contribution in [0.25, 0.3) is 17.0 Å². The number of methoxy groups -OCH3 is 1. The minimum Gasteiger partial charge on any atom is -0.497 e. The average molecular weight is 363 g/mol. The highest BCUT2D eigenvalue weighted by atomic mass is 19.1. The van der Waals surface area contributed by atoms with Gasteiger partial charge in [-0.15, -0.1) is 0 Å². The number of nitrogens with zero attached hydrogens (tertiary/aromatic N) is 2. The van der Waals surface area contributed by atoms with Crippen molar-refractivity contribution in [1.29, 1.82) is 0 Å². The first-order valence-electron chi connectivity index (χ1n) is 8.48. The van der Waals surface area contributed by atoms with Crippen LogP contribution in [-0.2, 0) is 6.54 Å². The number of hydrogen-bond donors (Lipinski definition) is 1. The van der Waals surface area contributed by atoms with Gasteiger partial charge in [-0.2, -0.15) is 5.10 Å². The molecule has 27 heavy (non-hydrogen) atoms. The minimum atomic E-state index is -0.312. The Hall–Kier alpha value is -3.54. The third-order valence-corrected chi connectivity index (χ3v) is 4.23. The lowest BCUT2D eigenvalue weighted by Crippen LogP contribution is -2.01. The smallest absolute Gasteiger partial charge is 0.146 e. The van der Waals surface area contributed by atoms with Crippen LogP contribution >= 0.6 is 0 Å². The Morgan fingerprint density at radius 1 is 1.15 bits per heavy atom. The highest BCUT2D eigenvalue weighted by molar-refractivity contribution is 5.64. The van der Waals surface area contributed by atoms with E-state index < -0.39 is 0 Å². The van der Waals surface area contributed by atoms with Gasteiger partial charge >= 0.3 is 0 Å². The number of furan rings is 1. The van der Waals surface area contributed by atoms with Crippen molar-refractivity contribution in [1.82, 2.24) is 9.78 Å². The van der Waals surface area contributed by atoms with E-state index in [1.807, 2.05) is 36.5 Å². The Bertz CT molecular complexity index is 1020. The molecule has 136 valence electrons. The predicted octanol–water partition coefficient (Wildman–Crippen LogP) is 4.89. The van der Waals surface area contributed by atoms with Gasteiger partial charge in [0.15, 0.2) is 0 Å². The standard InChI is InChI=1S/C21H18FN3O2/c1-26-18-7-5-17(6-8-18)25-14-15(13-24-25)12-23-20-11-16(4-9-19(20)22)21-3-2-10-27-21/h2-11,13-14,23H,12H2,1H3. The highest BCUT2D eigenvalue weighted by Crippen LogP contribution is 2.25. The van der Waals surface area contributed by atoms with Crippen molar-refractivity contribution in [2.45, 2.75) is 6.54 Å². The van der Waals surface area contributed by atoms with E-state index in [0.29, 0.717) is 18.0 Å². The normalized spacial score (nSPS) is 10.7. The van der Waals surface area contributed by atoms with Gasteiger partial charge < -0.3 is 14.5 Å². The molecule has 0 aliphatic carbocycles. The van der Waals surface area contributed by atoms with Crippen LogP contribution < -0.4 is 10.1 Å². The van der Waals surface area contributed by atoms with Crippen molar-refractivity contribution >= 4 is 5.69 Å². The molecule has 0 saturated carbocycles. The highest BCUT2D eigenvalue weighted by Gasteiger charge is 2.08. The van der Waals surface area contributed by atoms with Gasteiger partial charge in [-0.1, -0.05) is 0 Å². The Morgan fingerprint density at radius 3 is 2.74 bits per heavy atom. The van der Waals surface area contributed by atoms with Crippen LogP contribution in [0.15, 0.2) is 77.7 Å². The average Bonchev–Trinajstić information content (AvgIpc) is 3.40. The summed E-state index contributed by atoms with van der Waals surface area (Å²) >= 11 is 0. The quantitative estimate of drug-likeness (QED) is 0.530. The third kappa shape index (κ3) is 3.69.